The van der Waals surface area contributed by atoms with Gasteiger partial charge in [-0.05, 0) is 41.8 Å². The number of nitrogens with zero attached hydrogens (tertiary/aromatic N) is 2. The number of hydrogen-bond acceptors (Lipinski definition) is 5. The molecule has 0 aliphatic heterocycles. The molecule has 31 heavy (non-hydrogen) atoms. The SMILES string of the molecule is COc1ccc(CCn2cc(C#N)c(=O)c(-c3cccc(OCCCl)c3)c2)cc1OC. The number of methoxy groups -OCH3 is 2. The van der Waals surface area contributed by atoms with Crippen LogP contribution in [-0.4, -0.2) is 31.3 Å². The van der Waals surface area contributed by atoms with Gasteiger partial charge in [0.1, 0.15) is 24.0 Å². The van der Waals surface area contributed by atoms with Crippen molar-refractivity contribution in [2.75, 3.05) is 26.7 Å². The number of rotatable bonds is 9. The van der Waals surface area contributed by atoms with Crippen molar-refractivity contribution < 1.29 is 14.2 Å². The lowest BCUT2D eigenvalue weighted by Crippen LogP contribution is -2.15. The second kappa shape index (κ2) is 10.6. The predicted molar refractivity (Wildman–Crippen MR) is 120 cm³/mol. The standard InChI is InChI=1S/C24H23ClN2O4/c1-29-22-7-6-17(12-23(22)30-2)8-10-27-15-19(14-26)24(28)21(16-27)18-4-3-5-20(13-18)31-11-9-25/h3-7,12-13,15-16H,8-11H2,1-2H3. The fourth-order valence-electron chi connectivity index (χ4n) is 3.25. The maximum Gasteiger partial charge on any atom is 0.207 e. The summed E-state index contributed by atoms with van der Waals surface area (Å²) in [6, 6.07) is 15.0. The van der Waals surface area contributed by atoms with E-state index in [-0.39, 0.29) is 11.0 Å². The molecule has 3 rings (SSSR count). The number of nitriles is 1. The Morgan fingerprint density at radius 1 is 1.06 bits per heavy atom. The Balaban J connectivity index is 1.89. The number of pyridine rings is 1. The summed E-state index contributed by atoms with van der Waals surface area (Å²) in [4.78, 5) is 12.8. The van der Waals surface area contributed by atoms with Crippen molar-refractivity contribution in [1.82, 2.24) is 4.57 Å². The van der Waals surface area contributed by atoms with Crippen LogP contribution in [-0.2, 0) is 13.0 Å². The molecule has 0 saturated carbocycles. The molecule has 0 aliphatic rings. The minimum absolute atomic E-state index is 0.0943. The highest BCUT2D eigenvalue weighted by Crippen LogP contribution is 2.28. The number of hydrogen-bond donors (Lipinski definition) is 0. The van der Waals surface area contributed by atoms with Gasteiger partial charge in [0.05, 0.1) is 20.1 Å². The molecule has 0 aliphatic carbocycles. The van der Waals surface area contributed by atoms with Crippen LogP contribution in [0.15, 0.2) is 59.7 Å². The minimum atomic E-state index is -0.306. The number of alkyl halides is 1. The topological polar surface area (TPSA) is 73.5 Å². The van der Waals surface area contributed by atoms with Gasteiger partial charge in [-0.3, -0.25) is 4.79 Å². The third kappa shape index (κ3) is 5.39. The number of benzene rings is 2. The first kappa shape index (κ1) is 22.3. The van der Waals surface area contributed by atoms with Crippen molar-refractivity contribution in [2.24, 2.45) is 0 Å². The average molecular weight is 439 g/mol. The number of ether oxygens (including phenoxy) is 3. The van der Waals surface area contributed by atoms with E-state index in [1.54, 1.807) is 38.7 Å². The molecule has 0 amide bonds. The van der Waals surface area contributed by atoms with E-state index in [0.29, 0.717) is 53.8 Å². The fourth-order valence-corrected chi connectivity index (χ4v) is 3.33. The molecule has 0 spiro atoms. The van der Waals surface area contributed by atoms with E-state index in [1.807, 2.05) is 41.0 Å². The van der Waals surface area contributed by atoms with Crippen LogP contribution in [0.25, 0.3) is 11.1 Å². The highest BCUT2D eigenvalue weighted by Gasteiger charge is 2.11. The van der Waals surface area contributed by atoms with Gasteiger partial charge in [0.25, 0.3) is 0 Å². The van der Waals surface area contributed by atoms with E-state index < -0.39 is 0 Å². The van der Waals surface area contributed by atoms with Crippen LogP contribution in [0.2, 0.25) is 0 Å². The molecular weight excluding hydrogens is 416 g/mol. The van der Waals surface area contributed by atoms with E-state index in [0.717, 1.165) is 5.56 Å². The molecule has 160 valence electrons. The molecule has 0 saturated heterocycles. The van der Waals surface area contributed by atoms with Gasteiger partial charge in [-0.25, -0.2) is 0 Å². The van der Waals surface area contributed by atoms with Crippen LogP contribution in [0.1, 0.15) is 11.1 Å². The van der Waals surface area contributed by atoms with Crippen molar-refractivity contribution in [3.05, 3.63) is 76.2 Å². The Hall–Kier alpha value is -3.43. The van der Waals surface area contributed by atoms with E-state index in [2.05, 4.69) is 0 Å². The highest BCUT2D eigenvalue weighted by molar-refractivity contribution is 6.18. The third-order valence-corrected chi connectivity index (χ3v) is 4.95. The summed E-state index contributed by atoms with van der Waals surface area (Å²) in [6.07, 6.45) is 4.04. The molecular formula is C24H23ClN2O4. The summed E-state index contributed by atoms with van der Waals surface area (Å²) in [7, 11) is 3.19. The molecule has 0 unspecified atom stereocenters. The van der Waals surface area contributed by atoms with Crippen molar-refractivity contribution in [1.29, 1.82) is 5.26 Å². The van der Waals surface area contributed by atoms with Crippen LogP contribution in [0.4, 0.5) is 0 Å². The zero-order valence-corrected chi connectivity index (χ0v) is 18.2. The smallest absolute Gasteiger partial charge is 0.207 e. The predicted octanol–water partition coefficient (Wildman–Crippen LogP) is 4.26. The lowest BCUT2D eigenvalue weighted by Gasteiger charge is -2.13. The van der Waals surface area contributed by atoms with Crippen molar-refractivity contribution >= 4 is 11.6 Å². The molecule has 0 atom stereocenters. The minimum Gasteiger partial charge on any atom is -0.493 e. The van der Waals surface area contributed by atoms with Crippen LogP contribution in [0, 0.1) is 11.3 Å². The molecule has 0 radical (unpaired) electrons. The van der Waals surface area contributed by atoms with Crippen molar-refractivity contribution in [3.63, 3.8) is 0 Å². The quantitative estimate of drug-likeness (QED) is 0.466. The summed E-state index contributed by atoms with van der Waals surface area (Å²) in [5.74, 6) is 2.32. The number of aryl methyl sites for hydroxylation is 2. The van der Waals surface area contributed by atoms with Crippen LogP contribution < -0.4 is 19.6 Å². The first-order valence-electron chi connectivity index (χ1n) is 9.74. The fraction of sp³-hybridized carbons (Fsp3) is 0.250. The molecule has 3 aromatic rings. The van der Waals surface area contributed by atoms with E-state index in [4.69, 9.17) is 25.8 Å². The van der Waals surface area contributed by atoms with Crippen LogP contribution >= 0.6 is 11.6 Å². The lowest BCUT2D eigenvalue weighted by atomic mass is 10.0. The third-order valence-electron chi connectivity index (χ3n) is 4.80. The van der Waals surface area contributed by atoms with Gasteiger partial charge in [-0.2, -0.15) is 5.26 Å². The molecule has 1 aromatic heterocycles. The van der Waals surface area contributed by atoms with E-state index in [9.17, 15) is 10.1 Å². The molecule has 2 aromatic carbocycles. The summed E-state index contributed by atoms with van der Waals surface area (Å²) < 4.78 is 18.1. The Bertz CT molecular complexity index is 1150. The first-order chi connectivity index (χ1) is 15.1. The zero-order valence-electron chi connectivity index (χ0n) is 17.4. The molecule has 1 heterocycles. The van der Waals surface area contributed by atoms with Gasteiger partial charge in [-0.1, -0.05) is 18.2 Å². The molecule has 0 bridgehead atoms. The normalized spacial score (nSPS) is 10.4. The summed E-state index contributed by atoms with van der Waals surface area (Å²) >= 11 is 5.69. The molecule has 7 heteroatoms. The zero-order chi connectivity index (χ0) is 22.2. The second-order valence-electron chi connectivity index (χ2n) is 6.77. The Kier molecular flexibility index (Phi) is 7.58. The van der Waals surface area contributed by atoms with Gasteiger partial charge >= 0.3 is 0 Å². The lowest BCUT2D eigenvalue weighted by molar-refractivity contribution is 0.343. The van der Waals surface area contributed by atoms with Gasteiger partial charge in [0.15, 0.2) is 11.5 Å². The summed E-state index contributed by atoms with van der Waals surface area (Å²) in [5, 5.41) is 9.46. The Labute approximate surface area is 186 Å². The second-order valence-corrected chi connectivity index (χ2v) is 7.15. The Morgan fingerprint density at radius 3 is 2.58 bits per heavy atom. The number of aromatic nitrogens is 1. The first-order valence-corrected chi connectivity index (χ1v) is 10.3. The maximum absolute atomic E-state index is 12.8. The highest BCUT2D eigenvalue weighted by atomic mass is 35.5. The van der Waals surface area contributed by atoms with Gasteiger partial charge in [0, 0.05) is 24.5 Å². The van der Waals surface area contributed by atoms with Gasteiger partial charge in [0.2, 0.25) is 5.43 Å². The monoisotopic (exact) mass is 438 g/mol. The molecule has 0 fully saturated rings. The van der Waals surface area contributed by atoms with Gasteiger partial charge in [-0.15, -0.1) is 11.6 Å². The van der Waals surface area contributed by atoms with Crippen LogP contribution in [0.3, 0.4) is 0 Å². The average Bonchev–Trinajstić information content (AvgIpc) is 2.81. The van der Waals surface area contributed by atoms with E-state index >= 15 is 0 Å². The maximum atomic E-state index is 12.8. The summed E-state index contributed by atoms with van der Waals surface area (Å²) in [5.41, 5.74) is 1.97. The van der Waals surface area contributed by atoms with Crippen molar-refractivity contribution in [2.45, 2.75) is 13.0 Å². The largest absolute Gasteiger partial charge is 0.493 e. The van der Waals surface area contributed by atoms with Gasteiger partial charge < -0.3 is 18.8 Å². The van der Waals surface area contributed by atoms with Crippen molar-refractivity contribution in [3.8, 4) is 34.4 Å². The van der Waals surface area contributed by atoms with Crippen LogP contribution in [0.5, 0.6) is 17.2 Å². The summed E-state index contributed by atoms with van der Waals surface area (Å²) in [6.45, 7) is 0.957. The number of halogens is 1. The van der Waals surface area contributed by atoms with E-state index in [1.165, 1.54) is 0 Å². The molecule has 6 nitrogen and oxygen atoms in total. The Morgan fingerprint density at radius 2 is 1.87 bits per heavy atom. The molecule has 0 N–H and O–H groups in total.